The van der Waals surface area contributed by atoms with Gasteiger partial charge in [-0.3, -0.25) is 9.69 Å². The van der Waals surface area contributed by atoms with Crippen molar-refractivity contribution in [3.05, 3.63) is 29.3 Å². The van der Waals surface area contributed by atoms with E-state index in [2.05, 4.69) is 12.2 Å². The minimum absolute atomic E-state index is 0.0163. The number of amides is 1. The second-order valence-electron chi connectivity index (χ2n) is 5.40. The van der Waals surface area contributed by atoms with E-state index in [4.69, 9.17) is 0 Å². The van der Waals surface area contributed by atoms with E-state index in [0.29, 0.717) is 6.54 Å². The molecule has 1 fully saturated rings. The summed E-state index contributed by atoms with van der Waals surface area (Å²) in [6.45, 7) is 7.33. The highest BCUT2D eigenvalue weighted by atomic mass is 16.3. The van der Waals surface area contributed by atoms with Crippen LogP contribution in [0, 0.1) is 13.8 Å². The van der Waals surface area contributed by atoms with Gasteiger partial charge in [0.1, 0.15) is 0 Å². The summed E-state index contributed by atoms with van der Waals surface area (Å²) in [5.74, 6) is -0.0163. The molecule has 1 heterocycles. The molecule has 0 bridgehead atoms. The molecule has 4 heteroatoms. The van der Waals surface area contributed by atoms with Gasteiger partial charge in [-0.05, 0) is 50.5 Å². The molecule has 1 aromatic carbocycles. The first kappa shape index (κ1) is 14.0. The fourth-order valence-electron chi connectivity index (χ4n) is 2.35. The number of rotatable bonds is 3. The molecule has 0 spiro atoms. The summed E-state index contributed by atoms with van der Waals surface area (Å²) in [6.07, 6.45) is 0.457. The number of likely N-dealkylation sites (tertiary alicyclic amines) is 1. The van der Waals surface area contributed by atoms with Gasteiger partial charge in [-0.15, -0.1) is 0 Å². The first-order chi connectivity index (χ1) is 8.97. The average Bonchev–Trinajstić information content (AvgIpc) is 2.79. The van der Waals surface area contributed by atoms with Crippen LogP contribution < -0.4 is 5.32 Å². The number of carbonyl (C=O) groups is 1. The summed E-state index contributed by atoms with van der Waals surface area (Å²) >= 11 is 0. The SMILES string of the molecule is Cc1ccc(NC(=O)C(C)N2CC[C@H](O)C2)cc1C. The lowest BCUT2D eigenvalue weighted by Crippen LogP contribution is -2.41. The number of hydrogen-bond acceptors (Lipinski definition) is 3. The zero-order valence-electron chi connectivity index (χ0n) is 11.8. The number of nitrogens with one attached hydrogen (secondary N) is 1. The molecule has 1 aliphatic rings. The van der Waals surface area contributed by atoms with E-state index in [0.717, 1.165) is 18.7 Å². The van der Waals surface area contributed by atoms with Crippen LogP contribution in [0.4, 0.5) is 5.69 Å². The van der Waals surface area contributed by atoms with Gasteiger partial charge in [-0.1, -0.05) is 6.07 Å². The number of aliphatic hydroxyl groups excluding tert-OH is 1. The Morgan fingerprint density at radius 3 is 2.74 bits per heavy atom. The number of aliphatic hydroxyl groups is 1. The van der Waals surface area contributed by atoms with Gasteiger partial charge < -0.3 is 10.4 Å². The monoisotopic (exact) mass is 262 g/mol. The Morgan fingerprint density at radius 1 is 1.42 bits per heavy atom. The Morgan fingerprint density at radius 2 is 2.16 bits per heavy atom. The zero-order valence-corrected chi connectivity index (χ0v) is 11.8. The summed E-state index contributed by atoms with van der Waals surface area (Å²) in [5.41, 5.74) is 3.22. The van der Waals surface area contributed by atoms with Crippen LogP contribution in [0.2, 0.25) is 0 Å². The van der Waals surface area contributed by atoms with E-state index >= 15 is 0 Å². The highest BCUT2D eigenvalue weighted by molar-refractivity contribution is 5.94. The van der Waals surface area contributed by atoms with Crippen LogP contribution in [-0.2, 0) is 4.79 Å². The first-order valence-corrected chi connectivity index (χ1v) is 6.77. The van der Waals surface area contributed by atoms with Crippen molar-refractivity contribution in [1.29, 1.82) is 0 Å². The number of aryl methyl sites for hydroxylation is 2. The molecule has 2 rings (SSSR count). The van der Waals surface area contributed by atoms with Crippen LogP contribution >= 0.6 is 0 Å². The number of nitrogens with zero attached hydrogens (tertiary/aromatic N) is 1. The van der Waals surface area contributed by atoms with Crippen molar-refractivity contribution < 1.29 is 9.90 Å². The van der Waals surface area contributed by atoms with E-state index in [9.17, 15) is 9.90 Å². The van der Waals surface area contributed by atoms with Crippen molar-refractivity contribution in [2.75, 3.05) is 18.4 Å². The normalized spacial score (nSPS) is 21.4. The Bertz CT molecular complexity index is 473. The van der Waals surface area contributed by atoms with Gasteiger partial charge in [-0.25, -0.2) is 0 Å². The van der Waals surface area contributed by atoms with Crippen LogP contribution in [-0.4, -0.2) is 41.1 Å². The molecule has 4 nitrogen and oxygen atoms in total. The number of β-amino-alcohol motifs (C(OH)–C–C–N with tert-alkyl or cyclic N) is 1. The molecular formula is C15H22N2O2. The van der Waals surface area contributed by atoms with Crippen molar-refractivity contribution in [3.63, 3.8) is 0 Å². The molecule has 104 valence electrons. The molecule has 2 atom stereocenters. The molecule has 0 saturated carbocycles. The predicted octanol–water partition coefficient (Wildman–Crippen LogP) is 1.70. The van der Waals surface area contributed by atoms with Crippen molar-refractivity contribution in [1.82, 2.24) is 4.90 Å². The molecule has 1 aliphatic heterocycles. The quantitative estimate of drug-likeness (QED) is 0.871. The second-order valence-corrected chi connectivity index (χ2v) is 5.40. The van der Waals surface area contributed by atoms with E-state index in [1.54, 1.807) is 0 Å². The average molecular weight is 262 g/mol. The van der Waals surface area contributed by atoms with Crippen LogP contribution in [0.3, 0.4) is 0 Å². The topological polar surface area (TPSA) is 52.6 Å². The first-order valence-electron chi connectivity index (χ1n) is 6.77. The standard InChI is InChI=1S/C15H22N2O2/c1-10-4-5-13(8-11(10)2)16-15(19)12(3)17-7-6-14(18)9-17/h4-5,8,12,14,18H,6-7,9H2,1-3H3,(H,16,19)/t12?,14-/m0/s1. The van der Waals surface area contributed by atoms with Gasteiger partial charge in [0.05, 0.1) is 12.1 Å². The smallest absolute Gasteiger partial charge is 0.241 e. The summed E-state index contributed by atoms with van der Waals surface area (Å²) < 4.78 is 0. The minimum Gasteiger partial charge on any atom is -0.392 e. The fraction of sp³-hybridized carbons (Fsp3) is 0.533. The zero-order chi connectivity index (χ0) is 14.0. The van der Waals surface area contributed by atoms with Crippen LogP contribution in [0.15, 0.2) is 18.2 Å². The summed E-state index contributed by atoms with van der Waals surface area (Å²) in [7, 11) is 0. The van der Waals surface area contributed by atoms with Gasteiger partial charge >= 0.3 is 0 Å². The molecule has 1 unspecified atom stereocenters. The maximum absolute atomic E-state index is 12.2. The minimum atomic E-state index is -0.295. The lowest BCUT2D eigenvalue weighted by molar-refractivity contribution is -0.120. The predicted molar refractivity (Wildman–Crippen MR) is 76.2 cm³/mol. The molecule has 1 aromatic rings. The van der Waals surface area contributed by atoms with E-state index in [-0.39, 0.29) is 18.1 Å². The van der Waals surface area contributed by atoms with E-state index in [1.165, 1.54) is 11.1 Å². The highest BCUT2D eigenvalue weighted by Crippen LogP contribution is 2.17. The van der Waals surface area contributed by atoms with Crippen molar-refractivity contribution in [2.45, 2.75) is 39.3 Å². The van der Waals surface area contributed by atoms with Crippen molar-refractivity contribution >= 4 is 11.6 Å². The van der Waals surface area contributed by atoms with Crippen molar-refractivity contribution in [3.8, 4) is 0 Å². The van der Waals surface area contributed by atoms with Gasteiger partial charge in [0.2, 0.25) is 5.91 Å². The highest BCUT2D eigenvalue weighted by Gasteiger charge is 2.28. The third kappa shape index (κ3) is 3.33. The molecule has 1 amide bonds. The maximum Gasteiger partial charge on any atom is 0.241 e. The number of anilines is 1. The molecule has 0 aromatic heterocycles. The van der Waals surface area contributed by atoms with Gasteiger partial charge in [0, 0.05) is 18.8 Å². The number of benzene rings is 1. The third-order valence-corrected chi connectivity index (χ3v) is 3.90. The second kappa shape index (κ2) is 5.72. The van der Waals surface area contributed by atoms with Crippen molar-refractivity contribution in [2.24, 2.45) is 0 Å². The largest absolute Gasteiger partial charge is 0.392 e. The Balaban J connectivity index is 1.98. The molecule has 19 heavy (non-hydrogen) atoms. The van der Waals surface area contributed by atoms with E-state index in [1.807, 2.05) is 36.9 Å². The van der Waals surface area contributed by atoms with Crippen LogP contribution in [0.5, 0.6) is 0 Å². The molecule has 0 aliphatic carbocycles. The molecule has 0 radical (unpaired) electrons. The summed E-state index contributed by atoms with van der Waals surface area (Å²) in [6, 6.07) is 5.71. The fourth-order valence-corrected chi connectivity index (χ4v) is 2.35. The van der Waals surface area contributed by atoms with Gasteiger partial charge in [0.15, 0.2) is 0 Å². The summed E-state index contributed by atoms with van der Waals surface area (Å²) in [5, 5.41) is 12.5. The molecule has 1 saturated heterocycles. The Hall–Kier alpha value is -1.39. The van der Waals surface area contributed by atoms with Crippen LogP contribution in [0.25, 0.3) is 0 Å². The Labute approximate surface area is 114 Å². The van der Waals surface area contributed by atoms with Gasteiger partial charge in [0.25, 0.3) is 0 Å². The Kier molecular flexibility index (Phi) is 4.22. The molecule has 2 N–H and O–H groups in total. The van der Waals surface area contributed by atoms with E-state index < -0.39 is 0 Å². The summed E-state index contributed by atoms with van der Waals surface area (Å²) in [4.78, 5) is 14.2. The maximum atomic E-state index is 12.2. The number of hydrogen-bond donors (Lipinski definition) is 2. The van der Waals surface area contributed by atoms with Crippen LogP contribution in [0.1, 0.15) is 24.5 Å². The lowest BCUT2D eigenvalue weighted by Gasteiger charge is -2.23. The van der Waals surface area contributed by atoms with Gasteiger partial charge in [-0.2, -0.15) is 0 Å². The lowest BCUT2D eigenvalue weighted by atomic mass is 10.1. The number of carbonyl (C=O) groups excluding carboxylic acids is 1. The third-order valence-electron chi connectivity index (χ3n) is 3.90. The molecular weight excluding hydrogens is 240 g/mol.